The van der Waals surface area contributed by atoms with Gasteiger partial charge in [-0.2, -0.15) is 0 Å². The molecule has 0 heterocycles. The number of carbonyl (C=O) groups excluding carboxylic acids is 2. The highest BCUT2D eigenvalue weighted by atomic mass is 16.2. The summed E-state index contributed by atoms with van der Waals surface area (Å²) in [5.41, 5.74) is 0. The van der Waals surface area contributed by atoms with E-state index in [9.17, 15) is 9.59 Å². The highest BCUT2D eigenvalue weighted by molar-refractivity contribution is 5.87. The Kier molecular flexibility index (Phi) is 6.17. The lowest BCUT2D eigenvalue weighted by Crippen LogP contribution is -2.39. The summed E-state index contributed by atoms with van der Waals surface area (Å²) in [5, 5.41) is 2.66. The lowest BCUT2D eigenvalue weighted by molar-refractivity contribution is -0.126. The standard InChI is InChI=1S/C11H22N2O2/c1-8(2)13(5)7-6-11(15)12-9(3)10(4)14/h8-9H,6-7H2,1-5H3,(H,12,15)/t9-/m1/s1. The Morgan fingerprint density at radius 2 is 1.80 bits per heavy atom. The maximum atomic E-state index is 11.4. The molecule has 0 spiro atoms. The van der Waals surface area contributed by atoms with Gasteiger partial charge in [0.05, 0.1) is 6.04 Å². The number of carbonyl (C=O) groups is 2. The maximum Gasteiger partial charge on any atom is 0.221 e. The Labute approximate surface area is 92.0 Å². The third-order valence-electron chi connectivity index (χ3n) is 2.56. The molecule has 0 aliphatic rings. The van der Waals surface area contributed by atoms with E-state index < -0.39 is 0 Å². The van der Waals surface area contributed by atoms with Gasteiger partial charge in [0.1, 0.15) is 0 Å². The van der Waals surface area contributed by atoms with Crippen LogP contribution in [0.15, 0.2) is 0 Å². The van der Waals surface area contributed by atoms with Crippen LogP contribution in [0.3, 0.4) is 0 Å². The predicted molar refractivity (Wildman–Crippen MR) is 60.7 cm³/mol. The molecule has 0 fully saturated rings. The normalized spacial score (nSPS) is 13.0. The van der Waals surface area contributed by atoms with Crippen LogP contribution in [0.5, 0.6) is 0 Å². The lowest BCUT2D eigenvalue weighted by Gasteiger charge is -2.20. The minimum absolute atomic E-state index is 0.0134. The van der Waals surface area contributed by atoms with Crippen LogP contribution in [0.4, 0.5) is 0 Å². The summed E-state index contributed by atoms with van der Waals surface area (Å²) in [4.78, 5) is 24.4. The number of amides is 1. The maximum absolute atomic E-state index is 11.4. The van der Waals surface area contributed by atoms with E-state index in [1.807, 2.05) is 7.05 Å². The number of nitrogens with zero attached hydrogens (tertiary/aromatic N) is 1. The quantitative estimate of drug-likeness (QED) is 0.712. The molecule has 0 saturated heterocycles. The van der Waals surface area contributed by atoms with Gasteiger partial charge < -0.3 is 10.2 Å². The van der Waals surface area contributed by atoms with Gasteiger partial charge in [0.25, 0.3) is 0 Å². The van der Waals surface area contributed by atoms with E-state index in [0.29, 0.717) is 19.0 Å². The van der Waals surface area contributed by atoms with Crippen LogP contribution in [0.2, 0.25) is 0 Å². The zero-order chi connectivity index (χ0) is 12.0. The van der Waals surface area contributed by atoms with Gasteiger partial charge in [-0.25, -0.2) is 0 Å². The lowest BCUT2D eigenvalue weighted by atomic mass is 10.2. The number of Topliss-reactive ketones (excluding diaryl/α,β-unsaturated/α-hetero) is 1. The number of hydrogen-bond donors (Lipinski definition) is 1. The van der Waals surface area contributed by atoms with E-state index >= 15 is 0 Å². The van der Waals surface area contributed by atoms with Crippen LogP contribution in [0.1, 0.15) is 34.1 Å². The Morgan fingerprint density at radius 3 is 2.20 bits per heavy atom. The summed E-state index contributed by atoms with van der Waals surface area (Å²) in [6.07, 6.45) is 0.437. The SMILES string of the molecule is CC(=O)[C@@H](C)NC(=O)CCN(C)C(C)C. The van der Waals surface area contributed by atoms with Crippen LogP contribution in [0.25, 0.3) is 0 Å². The van der Waals surface area contributed by atoms with Crippen LogP contribution in [0, 0.1) is 0 Å². The molecule has 0 aromatic rings. The molecule has 1 amide bonds. The fourth-order valence-electron chi connectivity index (χ4n) is 0.951. The monoisotopic (exact) mass is 214 g/mol. The second-order valence-corrected chi connectivity index (χ2v) is 4.22. The average Bonchev–Trinajstić information content (AvgIpc) is 2.13. The van der Waals surface area contributed by atoms with Gasteiger partial charge in [-0.3, -0.25) is 9.59 Å². The van der Waals surface area contributed by atoms with Crippen LogP contribution >= 0.6 is 0 Å². The third-order valence-corrected chi connectivity index (χ3v) is 2.56. The molecule has 15 heavy (non-hydrogen) atoms. The first-order valence-corrected chi connectivity index (χ1v) is 5.34. The van der Waals surface area contributed by atoms with Crippen LogP contribution in [-0.4, -0.2) is 42.3 Å². The Morgan fingerprint density at radius 1 is 1.27 bits per heavy atom. The Bertz CT molecular complexity index is 227. The minimum atomic E-state index is -0.373. The molecule has 0 bridgehead atoms. The van der Waals surface area contributed by atoms with Crippen molar-refractivity contribution in [2.24, 2.45) is 0 Å². The van der Waals surface area contributed by atoms with Gasteiger partial charge in [-0.15, -0.1) is 0 Å². The molecule has 0 aliphatic heterocycles. The minimum Gasteiger partial charge on any atom is -0.347 e. The summed E-state index contributed by atoms with van der Waals surface area (Å²) in [6.45, 7) is 8.05. The van der Waals surface area contributed by atoms with Gasteiger partial charge in [0.2, 0.25) is 5.91 Å². The summed E-state index contributed by atoms with van der Waals surface area (Å²) < 4.78 is 0. The van der Waals surface area contributed by atoms with Crippen LogP contribution in [-0.2, 0) is 9.59 Å². The predicted octanol–water partition coefficient (Wildman–Crippen LogP) is 0.810. The molecule has 4 nitrogen and oxygen atoms in total. The van der Waals surface area contributed by atoms with Gasteiger partial charge in [-0.1, -0.05) is 0 Å². The van der Waals surface area contributed by atoms with Crippen molar-refractivity contribution in [3.8, 4) is 0 Å². The van der Waals surface area contributed by atoms with Crippen molar-refractivity contribution in [3.05, 3.63) is 0 Å². The topological polar surface area (TPSA) is 49.4 Å². The summed E-state index contributed by atoms with van der Waals surface area (Å²) in [6, 6.07) is 0.0601. The van der Waals surface area contributed by atoms with E-state index in [1.54, 1.807) is 6.92 Å². The average molecular weight is 214 g/mol. The van der Waals surface area contributed by atoms with Crippen molar-refractivity contribution >= 4 is 11.7 Å². The van der Waals surface area contributed by atoms with Gasteiger partial charge in [0.15, 0.2) is 5.78 Å². The summed E-state index contributed by atoms with van der Waals surface area (Å²) in [7, 11) is 1.98. The Balaban J connectivity index is 3.80. The van der Waals surface area contributed by atoms with Crippen molar-refractivity contribution in [1.29, 1.82) is 0 Å². The second kappa shape index (κ2) is 6.56. The zero-order valence-corrected chi connectivity index (χ0v) is 10.3. The molecule has 0 aromatic carbocycles. The fraction of sp³-hybridized carbons (Fsp3) is 0.818. The highest BCUT2D eigenvalue weighted by Gasteiger charge is 2.12. The Hall–Kier alpha value is -0.900. The number of hydrogen-bond acceptors (Lipinski definition) is 3. The largest absolute Gasteiger partial charge is 0.347 e. The first-order valence-electron chi connectivity index (χ1n) is 5.34. The molecule has 0 saturated carbocycles. The first kappa shape index (κ1) is 14.1. The molecule has 4 heteroatoms. The summed E-state index contributed by atoms with van der Waals surface area (Å²) in [5.74, 6) is -0.0780. The van der Waals surface area contributed by atoms with Crippen molar-refractivity contribution in [1.82, 2.24) is 10.2 Å². The molecule has 0 rings (SSSR count). The fourth-order valence-corrected chi connectivity index (χ4v) is 0.951. The zero-order valence-electron chi connectivity index (χ0n) is 10.3. The molecule has 0 unspecified atom stereocenters. The number of rotatable bonds is 6. The van der Waals surface area contributed by atoms with Crippen molar-refractivity contribution in [3.63, 3.8) is 0 Å². The van der Waals surface area contributed by atoms with E-state index in [2.05, 4.69) is 24.1 Å². The molecule has 0 radical (unpaired) electrons. The molecule has 1 atom stereocenters. The molecule has 0 aromatic heterocycles. The molecular weight excluding hydrogens is 192 g/mol. The highest BCUT2D eigenvalue weighted by Crippen LogP contribution is 1.95. The molecule has 1 N–H and O–H groups in total. The molecule has 0 aliphatic carbocycles. The number of ketones is 1. The van der Waals surface area contributed by atoms with E-state index in [-0.39, 0.29) is 17.7 Å². The number of nitrogens with one attached hydrogen (secondary N) is 1. The van der Waals surface area contributed by atoms with Gasteiger partial charge >= 0.3 is 0 Å². The molecule has 88 valence electrons. The first-order chi connectivity index (χ1) is 6.84. The van der Waals surface area contributed by atoms with Gasteiger partial charge in [-0.05, 0) is 34.7 Å². The van der Waals surface area contributed by atoms with E-state index in [0.717, 1.165) is 0 Å². The smallest absolute Gasteiger partial charge is 0.221 e. The van der Waals surface area contributed by atoms with Gasteiger partial charge in [0, 0.05) is 19.0 Å². The van der Waals surface area contributed by atoms with E-state index in [1.165, 1.54) is 6.92 Å². The molecular formula is C11H22N2O2. The second-order valence-electron chi connectivity index (χ2n) is 4.22. The van der Waals surface area contributed by atoms with Crippen molar-refractivity contribution < 1.29 is 9.59 Å². The van der Waals surface area contributed by atoms with E-state index in [4.69, 9.17) is 0 Å². The van der Waals surface area contributed by atoms with Crippen LogP contribution < -0.4 is 5.32 Å². The third kappa shape index (κ3) is 6.23. The van der Waals surface area contributed by atoms with Crippen molar-refractivity contribution in [2.45, 2.75) is 46.2 Å². The summed E-state index contributed by atoms with van der Waals surface area (Å²) >= 11 is 0. The van der Waals surface area contributed by atoms with Crippen molar-refractivity contribution in [2.75, 3.05) is 13.6 Å².